The van der Waals surface area contributed by atoms with Crippen molar-refractivity contribution in [1.29, 1.82) is 0 Å². The van der Waals surface area contributed by atoms with Crippen LogP contribution < -0.4 is 5.73 Å². The molecule has 0 unspecified atom stereocenters. The molecule has 0 radical (unpaired) electrons. The molecule has 3 heteroatoms. The lowest BCUT2D eigenvalue weighted by atomic mass is 9.81. The number of rotatable bonds is 4. The standard InChI is InChI=1S/C20H25NO.ClH/c21-19(20(22)16-10-5-2-6-11-16)18-13-7-12-17(14-18)15-8-3-1-4-9-15;/h1,3-4,7-9,12-14,16,19-20,22H,2,5-6,10-11,21H2;1H/t19-,20+;/m1./s1. The lowest BCUT2D eigenvalue weighted by Crippen LogP contribution is -2.34. The third kappa shape index (κ3) is 4.35. The van der Waals surface area contributed by atoms with Gasteiger partial charge in [-0.3, -0.25) is 0 Å². The normalized spacial score (nSPS) is 18.0. The van der Waals surface area contributed by atoms with Crippen molar-refractivity contribution in [2.75, 3.05) is 0 Å². The molecule has 1 fully saturated rings. The topological polar surface area (TPSA) is 46.2 Å². The van der Waals surface area contributed by atoms with Crippen LogP contribution in [0.1, 0.15) is 43.7 Å². The predicted molar refractivity (Wildman–Crippen MR) is 98.6 cm³/mol. The maximum Gasteiger partial charge on any atom is 0.0760 e. The molecule has 1 aliphatic carbocycles. The van der Waals surface area contributed by atoms with E-state index in [1.165, 1.54) is 24.8 Å². The first-order valence-electron chi connectivity index (χ1n) is 8.35. The predicted octanol–water partition coefficient (Wildman–Crippen LogP) is 4.72. The van der Waals surface area contributed by atoms with Crippen LogP contribution in [0.3, 0.4) is 0 Å². The minimum atomic E-state index is -0.439. The molecule has 1 aliphatic rings. The number of benzene rings is 2. The summed E-state index contributed by atoms with van der Waals surface area (Å²) in [5.41, 5.74) is 9.73. The van der Waals surface area contributed by atoms with Gasteiger partial charge in [0, 0.05) is 0 Å². The molecule has 0 aliphatic heterocycles. The van der Waals surface area contributed by atoms with Crippen LogP contribution in [-0.2, 0) is 0 Å². The van der Waals surface area contributed by atoms with Crippen molar-refractivity contribution in [3.63, 3.8) is 0 Å². The van der Waals surface area contributed by atoms with Gasteiger partial charge in [-0.2, -0.15) is 0 Å². The van der Waals surface area contributed by atoms with Gasteiger partial charge in [-0.25, -0.2) is 0 Å². The van der Waals surface area contributed by atoms with Crippen molar-refractivity contribution in [3.8, 4) is 11.1 Å². The first-order valence-corrected chi connectivity index (χ1v) is 8.35. The Balaban J connectivity index is 0.00000192. The van der Waals surface area contributed by atoms with Gasteiger partial charge in [0.2, 0.25) is 0 Å². The minimum Gasteiger partial charge on any atom is -0.391 e. The second-order valence-corrected chi connectivity index (χ2v) is 6.41. The Morgan fingerprint density at radius 3 is 2.22 bits per heavy atom. The van der Waals surface area contributed by atoms with Crippen LogP contribution in [0, 0.1) is 5.92 Å². The van der Waals surface area contributed by atoms with Gasteiger partial charge in [-0.15, -0.1) is 12.4 Å². The number of hydrogen-bond donors (Lipinski definition) is 2. The molecular formula is C20H26ClNO. The highest BCUT2D eigenvalue weighted by Crippen LogP contribution is 2.32. The van der Waals surface area contributed by atoms with Gasteiger partial charge >= 0.3 is 0 Å². The van der Waals surface area contributed by atoms with Crippen molar-refractivity contribution in [3.05, 3.63) is 60.2 Å². The molecule has 0 heterocycles. The molecule has 0 saturated heterocycles. The molecule has 1 saturated carbocycles. The summed E-state index contributed by atoms with van der Waals surface area (Å²) in [5.74, 6) is 0.351. The van der Waals surface area contributed by atoms with E-state index in [1.54, 1.807) is 0 Å². The Bertz CT molecular complexity index is 596. The van der Waals surface area contributed by atoms with Gasteiger partial charge in [0.25, 0.3) is 0 Å². The number of aliphatic hydroxyl groups is 1. The fourth-order valence-electron chi connectivity index (χ4n) is 3.52. The second kappa shape index (κ2) is 8.49. The Kier molecular flexibility index (Phi) is 6.64. The Morgan fingerprint density at radius 2 is 1.52 bits per heavy atom. The zero-order chi connectivity index (χ0) is 15.4. The Morgan fingerprint density at radius 1 is 0.870 bits per heavy atom. The average molecular weight is 332 g/mol. The summed E-state index contributed by atoms with van der Waals surface area (Å²) < 4.78 is 0. The molecule has 3 rings (SSSR count). The van der Waals surface area contributed by atoms with Crippen LogP contribution >= 0.6 is 12.4 Å². The van der Waals surface area contributed by atoms with Crippen molar-refractivity contribution < 1.29 is 5.11 Å². The molecule has 0 aromatic heterocycles. The lowest BCUT2D eigenvalue weighted by Gasteiger charge is -2.30. The maximum atomic E-state index is 10.6. The second-order valence-electron chi connectivity index (χ2n) is 6.41. The minimum absolute atomic E-state index is 0. The lowest BCUT2D eigenvalue weighted by molar-refractivity contribution is 0.0618. The van der Waals surface area contributed by atoms with E-state index < -0.39 is 6.10 Å². The van der Waals surface area contributed by atoms with E-state index >= 15 is 0 Å². The zero-order valence-corrected chi connectivity index (χ0v) is 14.2. The maximum absolute atomic E-state index is 10.6. The van der Waals surface area contributed by atoms with Gasteiger partial charge in [-0.1, -0.05) is 67.8 Å². The summed E-state index contributed by atoms with van der Waals surface area (Å²) in [5, 5.41) is 10.6. The van der Waals surface area contributed by atoms with Gasteiger partial charge in [0.05, 0.1) is 12.1 Å². The van der Waals surface area contributed by atoms with E-state index in [4.69, 9.17) is 5.73 Å². The highest BCUT2D eigenvalue weighted by molar-refractivity contribution is 5.85. The molecule has 2 atom stereocenters. The largest absolute Gasteiger partial charge is 0.391 e. The monoisotopic (exact) mass is 331 g/mol. The van der Waals surface area contributed by atoms with Crippen molar-refractivity contribution in [2.24, 2.45) is 11.7 Å². The van der Waals surface area contributed by atoms with Crippen LogP contribution in [0.2, 0.25) is 0 Å². The van der Waals surface area contributed by atoms with Crippen LogP contribution in [-0.4, -0.2) is 11.2 Å². The molecule has 0 bridgehead atoms. The fourth-order valence-corrected chi connectivity index (χ4v) is 3.52. The van der Waals surface area contributed by atoms with Crippen molar-refractivity contribution >= 4 is 12.4 Å². The van der Waals surface area contributed by atoms with Crippen LogP contribution in [0.15, 0.2) is 54.6 Å². The molecule has 2 aromatic rings. The quantitative estimate of drug-likeness (QED) is 0.851. The molecule has 0 amide bonds. The van der Waals surface area contributed by atoms with Gasteiger partial charge < -0.3 is 10.8 Å². The molecule has 23 heavy (non-hydrogen) atoms. The summed E-state index contributed by atoms with van der Waals surface area (Å²) in [7, 11) is 0. The van der Waals surface area contributed by atoms with Crippen molar-refractivity contribution in [2.45, 2.75) is 44.2 Å². The van der Waals surface area contributed by atoms with E-state index in [2.05, 4.69) is 24.3 Å². The molecule has 2 nitrogen and oxygen atoms in total. The summed E-state index contributed by atoms with van der Waals surface area (Å²) in [4.78, 5) is 0. The number of nitrogens with two attached hydrogens (primary N) is 1. The summed E-state index contributed by atoms with van der Waals surface area (Å²) in [6.45, 7) is 0. The Hall–Kier alpha value is -1.35. The first-order chi connectivity index (χ1) is 10.8. The van der Waals surface area contributed by atoms with E-state index in [0.29, 0.717) is 5.92 Å². The zero-order valence-electron chi connectivity index (χ0n) is 13.4. The SMILES string of the molecule is Cl.N[C@H](c1cccc(-c2ccccc2)c1)[C@@H](O)C1CCCCC1. The molecule has 124 valence electrons. The van der Waals surface area contributed by atoms with Crippen LogP contribution in [0.5, 0.6) is 0 Å². The number of hydrogen-bond acceptors (Lipinski definition) is 2. The first kappa shape index (κ1) is 18.0. The number of halogens is 1. The van der Waals surface area contributed by atoms with Gasteiger partial charge in [0.1, 0.15) is 0 Å². The van der Waals surface area contributed by atoms with Crippen LogP contribution in [0.4, 0.5) is 0 Å². The highest BCUT2D eigenvalue weighted by atomic mass is 35.5. The Labute approximate surface area is 145 Å². The summed E-state index contributed by atoms with van der Waals surface area (Å²) in [6.07, 6.45) is 5.51. The van der Waals surface area contributed by atoms with E-state index in [9.17, 15) is 5.11 Å². The third-order valence-electron chi connectivity index (χ3n) is 4.88. The fraction of sp³-hybridized carbons (Fsp3) is 0.400. The highest BCUT2D eigenvalue weighted by Gasteiger charge is 2.27. The summed E-state index contributed by atoms with van der Waals surface area (Å²) >= 11 is 0. The van der Waals surface area contributed by atoms with Crippen LogP contribution in [0.25, 0.3) is 11.1 Å². The summed E-state index contributed by atoms with van der Waals surface area (Å²) in [6, 6.07) is 18.3. The van der Waals surface area contributed by atoms with E-state index in [0.717, 1.165) is 24.0 Å². The van der Waals surface area contributed by atoms with Gasteiger partial charge in [0.15, 0.2) is 0 Å². The van der Waals surface area contributed by atoms with E-state index in [1.807, 2.05) is 30.3 Å². The average Bonchev–Trinajstić information content (AvgIpc) is 2.62. The molecule has 0 spiro atoms. The van der Waals surface area contributed by atoms with Crippen molar-refractivity contribution in [1.82, 2.24) is 0 Å². The number of aliphatic hydroxyl groups excluding tert-OH is 1. The van der Waals surface area contributed by atoms with Gasteiger partial charge in [-0.05, 0) is 41.5 Å². The molecular weight excluding hydrogens is 306 g/mol. The van der Waals surface area contributed by atoms with E-state index in [-0.39, 0.29) is 18.4 Å². The molecule has 2 aromatic carbocycles. The third-order valence-corrected chi connectivity index (χ3v) is 4.88. The smallest absolute Gasteiger partial charge is 0.0760 e. The molecule has 3 N–H and O–H groups in total.